The van der Waals surface area contributed by atoms with Crippen molar-refractivity contribution in [2.45, 2.75) is 187 Å². The third-order valence-electron chi connectivity index (χ3n) is 22.4. The normalized spacial score (nSPS) is 15.5. The van der Waals surface area contributed by atoms with Gasteiger partial charge < -0.3 is 20.1 Å². The number of allylic oxidation sites excluding steroid dienone is 7. The number of aliphatic carboxylic acids is 1. The van der Waals surface area contributed by atoms with Gasteiger partial charge >= 0.3 is 5.97 Å². The van der Waals surface area contributed by atoms with Crippen LogP contribution in [-0.4, -0.2) is 110 Å². The Balaban J connectivity index is 0.000000217. The second-order valence-corrected chi connectivity index (χ2v) is 33.4. The van der Waals surface area contributed by atoms with Gasteiger partial charge in [-0.15, -0.1) is 12.4 Å². The van der Waals surface area contributed by atoms with Crippen molar-refractivity contribution in [1.82, 2.24) is 0 Å². The predicted molar refractivity (Wildman–Crippen MR) is 472 cm³/mol. The Kier molecular flexibility index (Phi) is 32.0. The molecular weight excluding hydrogens is 1500 g/mol. The third-order valence-corrected chi connectivity index (χ3v) is 23.3. The quantitative estimate of drug-likeness (QED) is 0.00536. The van der Waals surface area contributed by atoms with Crippen molar-refractivity contribution in [3.63, 3.8) is 0 Å². The van der Waals surface area contributed by atoms with Gasteiger partial charge in [0.1, 0.15) is 19.6 Å². The number of carbonyl (C=O) groups is 2. The first-order chi connectivity index (χ1) is 54.7. The number of aliphatic imine (C=N–C) groups is 1. The van der Waals surface area contributed by atoms with E-state index in [1.807, 2.05) is 135 Å². The number of anilines is 2. The lowest BCUT2D eigenvalue weighted by atomic mass is 9.81. The fraction of sp³-hybridized carbons (Fsp3) is 0.347. The van der Waals surface area contributed by atoms with E-state index in [0.29, 0.717) is 26.0 Å². The average Bonchev–Trinajstić information content (AvgIpc) is 1.61. The molecule has 0 unspecified atom stereocenters. The lowest BCUT2D eigenvalue weighted by Crippen LogP contribution is -2.28. The highest BCUT2D eigenvalue weighted by molar-refractivity contribution is 7.85. The maximum absolute atomic E-state index is 12.0. The standard InChI is InChI=1S/C41H47N3O7S.C21H25N2O2.C18H26NO2.C15H14N2.ClH/c1-29-17-23-35-33(27-29)40(2,3)37(43(35)26-12-13-30-18-20-31(21-19-30)44(47)48)14-8-6-9-15-38-41(4,5)34-28-32(52(49,50)51)22-24-36(34)42(38)25-11-7-10-16-39(45)46;1-15-7-12-20-19(14-15)21(3,4)16(2)22(20)13-5-6-17-8-10-18(11-9-17)23(24)25;1-14-8-9-17-16(12-14)18(3,4)15(2)19(17)10-6-5-7-11-21-13-20;1-3-8-14(9-4-1)16-12-7-13-17-15-10-5-2-6-11-15;/h6,8-9,14-15,17-24,27-28H,7,10-13,16,25-26H2,1-5H3,(H-,45,46,49,50,51);7-12,14H,5-6,13H2,1-4H3;8-9,12-13H,5-7,10-11H2,1-4H3;1-13,16H;1H/q;2*+1;;/p+1/b;;;12-7+,17-13?;. The molecule has 8 aromatic carbocycles. The lowest BCUT2D eigenvalue weighted by molar-refractivity contribution is -0.439. The van der Waals surface area contributed by atoms with Crippen molar-refractivity contribution < 1.29 is 56.0 Å². The number of nitro groups is 2. The van der Waals surface area contributed by atoms with Gasteiger partial charge in [0.15, 0.2) is 17.1 Å². The second kappa shape index (κ2) is 41.0. The van der Waals surface area contributed by atoms with Crippen LogP contribution in [-0.2, 0) is 58.9 Å². The van der Waals surface area contributed by atoms with Gasteiger partial charge in [0.05, 0.1) is 43.3 Å². The van der Waals surface area contributed by atoms with E-state index in [-0.39, 0.29) is 61.2 Å². The summed E-state index contributed by atoms with van der Waals surface area (Å²) < 4.78 is 45.6. The third kappa shape index (κ3) is 23.2. The van der Waals surface area contributed by atoms with Gasteiger partial charge in [-0.2, -0.15) is 22.1 Å². The number of non-ortho nitro benzene ring substituents is 2. The molecule has 21 heteroatoms. The molecule has 4 aliphatic rings. The van der Waals surface area contributed by atoms with Gasteiger partial charge in [0.2, 0.25) is 17.1 Å². The molecule has 610 valence electrons. The Labute approximate surface area is 691 Å². The van der Waals surface area contributed by atoms with Gasteiger partial charge in [-0.1, -0.05) is 134 Å². The van der Waals surface area contributed by atoms with Crippen molar-refractivity contribution in [3.05, 3.63) is 301 Å². The van der Waals surface area contributed by atoms with E-state index in [2.05, 4.69) is 166 Å². The molecule has 12 rings (SSSR count). The summed E-state index contributed by atoms with van der Waals surface area (Å²) in [6.45, 7) is 33.1. The van der Waals surface area contributed by atoms with Crippen molar-refractivity contribution in [2.75, 3.05) is 43.0 Å². The van der Waals surface area contributed by atoms with Crippen molar-refractivity contribution in [1.29, 1.82) is 0 Å². The summed E-state index contributed by atoms with van der Waals surface area (Å²) in [5.41, 5.74) is 22.2. The molecule has 3 N–H and O–H groups in total. The van der Waals surface area contributed by atoms with Crippen LogP contribution in [0.2, 0.25) is 0 Å². The topological polar surface area (TPSA) is 241 Å². The summed E-state index contributed by atoms with van der Waals surface area (Å²) >= 11 is 0. The molecule has 4 heterocycles. The molecule has 0 amide bonds. The lowest BCUT2D eigenvalue weighted by Gasteiger charge is -2.27. The molecular formula is C95H114ClN8O11S+3. The minimum atomic E-state index is -4.38. The zero-order chi connectivity index (χ0) is 83.3. The summed E-state index contributed by atoms with van der Waals surface area (Å²) in [6.07, 6.45) is 24.7. The monoisotopic (exact) mass is 1610 g/mol. The van der Waals surface area contributed by atoms with E-state index in [0.717, 1.165) is 117 Å². The maximum Gasteiger partial charge on any atom is 0.303 e. The van der Waals surface area contributed by atoms with Crippen LogP contribution in [0.15, 0.2) is 240 Å². The minimum Gasteiger partial charge on any atom is -0.481 e. The first-order valence-electron chi connectivity index (χ1n) is 39.7. The molecule has 0 bridgehead atoms. The Morgan fingerprint density at radius 3 is 1.58 bits per heavy atom. The minimum absolute atomic E-state index is 0. The molecule has 4 aliphatic heterocycles. The van der Waals surface area contributed by atoms with E-state index in [1.54, 1.807) is 42.6 Å². The number of nitrogens with zero attached hydrogens (tertiary/aromatic N) is 7. The summed E-state index contributed by atoms with van der Waals surface area (Å²) in [5, 5.41) is 34.0. The van der Waals surface area contributed by atoms with Crippen LogP contribution in [0.25, 0.3) is 0 Å². The fourth-order valence-electron chi connectivity index (χ4n) is 15.4. The molecule has 19 nitrogen and oxygen atoms in total. The van der Waals surface area contributed by atoms with E-state index >= 15 is 0 Å². The first kappa shape index (κ1) is 90.5. The molecule has 0 spiro atoms. The highest BCUT2D eigenvalue weighted by atomic mass is 35.5. The number of carbonyl (C=O) groups excluding carboxylic acids is 1. The zero-order valence-corrected chi connectivity index (χ0v) is 71.0. The van der Waals surface area contributed by atoms with Gasteiger partial charge in [-0.25, -0.2) is 0 Å². The predicted octanol–water partition coefficient (Wildman–Crippen LogP) is 21.7. The van der Waals surface area contributed by atoms with Crippen molar-refractivity contribution in [2.24, 2.45) is 4.99 Å². The van der Waals surface area contributed by atoms with Crippen LogP contribution < -0.4 is 10.2 Å². The molecule has 0 radical (unpaired) electrons. The highest BCUT2D eigenvalue weighted by Crippen LogP contribution is 2.49. The number of fused-ring (bicyclic) bond motifs is 4. The van der Waals surface area contributed by atoms with E-state index < -0.39 is 21.5 Å². The van der Waals surface area contributed by atoms with Crippen molar-refractivity contribution in [3.8, 4) is 0 Å². The Hall–Kier alpha value is -11.1. The van der Waals surface area contributed by atoms with Crippen LogP contribution in [0.3, 0.4) is 0 Å². The number of unbranched alkanes of at least 4 members (excludes halogenated alkanes) is 4. The molecule has 0 aliphatic carbocycles. The first-order valence-corrected chi connectivity index (χ1v) is 41.2. The Morgan fingerprint density at radius 2 is 1.03 bits per heavy atom. The molecule has 0 fully saturated rings. The average molecular weight is 1610 g/mol. The van der Waals surface area contributed by atoms with Crippen LogP contribution in [0.4, 0.5) is 45.5 Å². The Morgan fingerprint density at radius 1 is 0.543 bits per heavy atom. The number of benzene rings is 8. The number of hydrogen-bond acceptors (Lipinski definition) is 12. The number of hydrogen-bond donors (Lipinski definition) is 3. The maximum atomic E-state index is 12.0. The zero-order valence-electron chi connectivity index (χ0n) is 69.3. The number of halogens is 1. The van der Waals surface area contributed by atoms with Crippen LogP contribution in [0, 0.1) is 41.0 Å². The molecule has 0 atom stereocenters. The van der Waals surface area contributed by atoms with Crippen LogP contribution in [0.1, 0.15) is 177 Å². The number of ether oxygens (including phenoxy) is 1. The van der Waals surface area contributed by atoms with Gasteiger partial charge in [-0.3, -0.25) is 39.4 Å². The van der Waals surface area contributed by atoms with Crippen LogP contribution in [0.5, 0.6) is 0 Å². The van der Waals surface area contributed by atoms with Crippen LogP contribution >= 0.6 is 12.4 Å². The highest BCUT2D eigenvalue weighted by Gasteiger charge is 2.47. The number of para-hydroxylation sites is 2. The number of carboxylic acids is 1. The van der Waals surface area contributed by atoms with Gasteiger partial charge in [0.25, 0.3) is 28.0 Å². The van der Waals surface area contributed by atoms with E-state index in [1.165, 1.54) is 73.6 Å². The smallest absolute Gasteiger partial charge is 0.303 e. The molecule has 116 heavy (non-hydrogen) atoms. The van der Waals surface area contributed by atoms with E-state index in [4.69, 9.17) is 9.84 Å². The SMILES string of the molecule is C(/C=C/Nc1ccccc1)=Nc1ccccc1.CC1=[N+](CCCCCOC=O)c2ccc(C)cc2C1(C)C.CC1=[N+](CCCc2ccc([N+](=O)[O-])cc2)c2ccc(C)cc2C1(C)C.Cc1ccc2c(c1)C(C)(C)C(=CC=CC=CC1=[N+](CCCCCC(=O)O)c3ccc(S(=O)(=O)O)cc3C1(C)C)N2CCCc1ccc([N+](=O)[O-])cc1.Cl. The molecule has 0 aromatic heterocycles. The Bertz CT molecular complexity index is 5180. The fourth-order valence-corrected chi connectivity index (χ4v) is 15.9. The molecule has 0 saturated carbocycles. The summed E-state index contributed by atoms with van der Waals surface area (Å²) in [4.78, 5) is 48.7. The summed E-state index contributed by atoms with van der Waals surface area (Å²) in [5.74, 6) is -0.812. The number of carboxylic acid groups (broad SMARTS) is 1. The van der Waals surface area contributed by atoms with E-state index in [9.17, 15) is 42.8 Å². The number of nitro benzene ring substituents is 2. The largest absolute Gasteiger partial charge is 0.481 e. The number of rotatable bonds is 31. The number of aryl methyl sites for hydroxylation is 5. The summed E-state index contributed by atoms with van der Waals surface area (Å²) in [7, 11) is -4.38. The molecule has 8 aromatic rings. The number of nitrogens with one attached hydrogen (secondary N) is 1. The van der Waals surface area contributed by atoms with Gasteiger partial charge in [0, 0.05) is 146 Å². The van der Waals surface area contributed by atoms with Gasteiger partial charge in [-0.05, 0) is 191 Å². The van der Waals surface area contributed by atoms with Crippen molar-refractivity contribution >= 4 is 104 Å². The summed E-state index contributed by atoms with van der Waals surface area (Å²) in [6, 6.07) is 58.2. The second-order valence-electron chi connectivity index (χ2n) is 31.9. The molecule has 0 saturated heterocycles.